The molecule has 1 aromatic carbocycles. The monoisotopic (exact) mass is 263 g/mol. The normalized spacial score (nSPS) is 19.3. The van der Waals surface area contributed by atoms with Gasteiger partial charge in [-0.3, -0.25) is 0 Å². The number of rotatable bonds is 6. The fourth-order valence-corrected chi connectivity index (χ4v) is 2.78. The fourth-order valence-electron chi connectivity index (χ4n) is 2.78. The second-order valence-electron chi connectivity index (χ2n) is 5.54. The highest BCUT2D eigenvalue weighted by Crippen LogP contribution is 2.31. The van der Waals surface area contributed by atoms with Gasteiger partial charge in [-0.05, 0) is 32.4 Å². The van der Waals surface area contributed by atoms with Gasteiger partial charge in [0.1, 0.15) is 12.4 Å². The standard InChI is InChI=1S/C16H25NO2/c1-3-17-13(2)14-8-4-5-9-15(14)19-12-16(18)10-6-7-11-16/h4-5,8-9,13,17-18H,3,6-7,10-12H2,1-2H3. The van der Waals surface area contributed by atoms with Crippen LogP contribution in [0.25, 0.3) is 0 Å². The van der Waals surface area contributed by atoms with Crippen molar-refractivity contribution in [3.05, 3.63) is 29.8 Å². The van der Waals surface area contributed by atoms with Crippen molar-refractivity contribution >= 4 is 0 Å². The van der Waals surface area contributed by atoms with Crippen LogP contribution in [0.4, 0.5) is 0 Å². The van der Waals surface area contributed by atoms with E-state index in [0.717, 1.165) is 43.5 Å². The van der Waals surface area contributed by atoms with E-state index in [9.17, 15) is 5.11 Å². The van der Waals surface area contributed by atoms with Gasteiger partial charge < -0.3 is 15.2 Å². The topological polar surface area (TPSA) is 41.5 Å². The molecule has 0 bridgehead atoms. The van der Waals surface area contributed by atoms with Crippen LogP contribution in [0.2, 0.25) is 0 Å². The van der Waals surface area contributed by atoms with Crippen LogP contribution in [0.1, 0.15) is 51.1 Å². The Morgan fingerprint density at radius 2 is 2.00 bits per heavy atom. The molecule has 0 spiro atoms. The Morgan fingerprint density at radius 1 is 1.32 bits per heavy atom. The van der Waals surface area contributed by atoms with Gasteiger partial charge in [0.15, 0.2) is 0 Å². The highest BCUT2D eigenvalue weighted by molar-refractivity contribution is 5.35. The van der Waals surface area contributed by atoms with E-state index in [-0.39, 0.29) is 6.04 Å². The lowest BCUT2D eigenvalue weighted by atomic mass is 10.0. The molecule has 2 rings (SSSR count). The quantitative estimate of drug-likeness (QED) is 0.829. The van der Waals surface area contributed by atoms with Gasteiger partial charge in [-0.25, -0.2) is 0 Å². The predicted octanol–water partition coefficient (Wildman–Crippen LogP) is 3.04. The molecule has 0 heterocycles. The Labute approximate surface area is 116 Å². The Kier molecular flexibility index (Phi) is 4.83. The molecular weight excluding hydrogens is 238 g/mol. The summed E-state index contributed by atoms with van der Waals surface area (Å²) in [6, 6.07) is 8.35. The molecule has 2 N–H and O–H groups in total. The van der Waals surface area contributed by atoms with E-state index in [0.29, 0.717) is 6.61 Å². The smallest absolute Gasteiger partial charge is 0.124 e. The van der Waals surface area contributed by atoms with E-state index in [1.807, 2.05) is 18.2 Å². The molecular formula is C16H25NO2. The Bertz CT molecular complexity index is 399. The maximum atomic E-state index is 10.3. The molecule has 19 heavy (non-hydrogen) atoms. The largest absolute Gasteiger partial charge is 0.490 e. The van der Waals surface area contributed by atoms with Crippen LogP contribution in [0.15, 0.2) is 24.3 Å². The zero-order valence-corrected chi connectivity index (χ0v) is 12.0. The highest BCUT2D eigenvalue weighted by Gasteiger charge is 2.32. The number of nitrogens with one attached hydrogen (secondary N) is 1. The predicted molar refractivity (Wildman–Crippen MR) is 77.4 cm³/mol. The molecule has 106 valence electrons. The summed E-state index contributed by atoms with van der Waals surface area (Å²) in [5.74, 6) is 0.885. The summed E-state index contributed by atoms with van der Waals surface area (Å²) in [6.45, 7) is 5.57. The van der Waals surface area contributed by atoms with Crippen molar-refractivity contribution in [2.24, 2.45) is 0 Å². The first-order valence-electron chi connectivity index (χ1n) is 7.32. The molecule has 0 radical (unpaired) electrons. The van der Waals surface area contributed by atoms with E-state index in [2.05, 4.69) is 25.2 Å². The van der Waals surface area contributed by atoms with Gasteiger partial charge in [-0.1, -0.05) is 38.0 Å². The SMILES string of the molecule is CCNC(C)c1ccccc1OCC1(O)CCCC1. The molecule has 3 heteroatoms. The average molecular weight is 263 g/mol. The van der Waals surface area contributed by atoms with Crippen molar-refractivity contribution in [1.29, 1.82) is 0 Å². The summed E-state index contributed by atoms with van der Waals surface area (Å²) in [5.41, 5.74) is 0.542. The maximum absolute atomic E-state index is 10.3. The van der Waals surface area contributed by atoms with Gasteiger partial charge in [-0.15, -0.1) is 0 Å². The van der Waals surface area contributed by atoms with Crippen molar-refractivity contribution in [2.75, 3.05) is 13.2 Å². The average Bonchev–Trinajstić information content (AvgIpc) is 2.84. The number of benzene rings is 1. The molecule has 1 unspecified atom stereocenters. The third kappa shape index (κ3) is 3.71. The van der Waals surface area contributed by atoms with E-state index in [1.165, 1.54) is 0 Å². The first-order chi connectivity index (χ1) is 9.14. The van der Waals surface area contributed by atoms with Crippen molar-refractivity contribution in [3.63, 3.8) is 0 Å². The number of para-hydroxylation sites is 1. The maximum Gasteiger partial charge on any atom is 0.124 e. The van der Waals surface area contributed by atoms with Crippen LogP contribution >= 0.6 is 0 Å². The minimum atomic E-state index is -0.617. The third-order valence-corrected chi connectivity index (χ3v) is 3.93. The molecule has 1 atom stereocenters. The number of ether oxygens (including phenoxy) is 1. The second kappa shape index (κ2) is 6.40. The van der Waals surface area contributed by atoms with Crippen molar-refractivity contribution in [3.8, 4) is 5.75 Å². The molecule has 1 aliphatic rings. The second-order valence-corrected chi connectivity index (χ2v) is 5.54. The van der Waals surface area contributed by atoms with E-state index < -0.39 is 5.60 Å². The molecule has 0 amide bonds. The minimum absolute atomic E-state index is 0.263. The van der Waals surface area contributed by atoms with Crippen LogP contribution in [-0.4, -0.2) is 23.9 Å². The summed E-state index contributed by atoms with van der Waals surface area (Å²) in [5, 5.41) is 13.7. The summed E-state index contributed by atoms with van der Waals surface area (Å²) in [7, 11) is 0. The first kappa shape index (κ1) is 14.4. The Hall–Kier alpha value is -1.06. The van der Waals surface area contributed by atoms with Gasteiger partial charge in [0.25, 0.3) is 0 Å². The molecule has 1 saturated carbocycles. The molecule has 3 nitrogen and oxygen atoms in total. The third-order valence-electron chi connectivity index (χ3n) is 3.93. The lowest BCUT2D eigenvalue weighted by molar-refractivity contribution is 0.00101. The van der Waals surface area contributed by atoms with Crippen LogP contribution in [0.3, 0.4) is 0 Å². The zero-order chi connectivity index (χ0) is 13.7. The highest BCUT2D eigenvalue weighted by atomic mass is 16.5. The van der Waals surface area contributed by atoms with Gasteiger partial charge >= 0.3 is 0 Å². The summed E-state index contributed by atoms with van der Waals surface area (Å²) < 4.78 is 5.90. The van der Waals surface area contributed by atoms with E-state index >= 15 is 0 Å². The van der Waals surface area contributed by atoms with Crippen LogP contribution < -0.4 is 10.1 Å². The van der Waals surface area contributed by atoms with Gasteiger partial charge in [0.2, 0.25) is 0 Å². The fraction of sp³-hybridized carbons (Fsp3) is 0.625. The molecule has 0 aliphatic heterocycles. The van der Waals surface area contributed by atoms with Gasteiger partial charge in [-0.2, -0.15) is 0 Å². The molecule has 0 aromatic heterocycles. The van der Waals surface area contributed by atoms with Gasteiger partial charge in [0, 0.05) is 11.6 Å². The Balaban J connectivity index is 2.03. The van der Waals surface area contributed by atoms with Crippen LogP contribution in [0, 0.1) is 0 Å². The lowest BCUT2D eigenvalue weighted by Gasteiger charge is -2.24. The minimum Gasteiger partial charge on any atom is -0.490 e. The van der Waals surface area contributed by atoms with Crippen LogP contribution in [0.5, 0.6) is 5.75 Å². The molecule has 0 saturated heterocycles. The van der Waals surface area contributed by atoms with Crippen molar-refractivity contribution in [1.82, 2.24) is 5.32 Å². The number of hydrogen-bond acceptors (Lipinski definition) is 3. The van der Waals surface area contributed by atoms with Crippen molar-refractivity contribution < 1.29 is 9.84 Å². The number of hydrogen-bond donors (Lipinski definition) is 2. The molecule has 1 fully saturated rings. The summed E-state index contributed by atoms with van der Waals surface area (Å²) in [4.78, 5) is 0. The van der Waals surface area contributed by atoms with Crippen LogP contribution in [-0.2, 0) is 0 Å². The lowest BCUT2D eigenvalue weighted by Crippen LogP contribution is -2.32. The van der Waals surface area contributed by atoms with E-state index in [1.54, 1.807) is 0 Å². The van der Waals surface area contributed by atoms with Crippen molar-refractivity contribution in [2.45, 2.75) is 51.2 Å². The Morgan fingerprint density at radius 3 is 2.68 bits per heavy atom. The summed E-state index contributed by atoms with van der Waals surface area (Å²) in [6.07, 6.45) is 3.93. The number of aliphatic hydroxyl groups is 1. The van der Waals surface area contributed by atoms with E-state index in [4.69, 9.17) is 4.74 Å². The summed E-state index contributed by atoms with van der Waals surface area (Å²) >= 11 is 0. The first-order valence-corrected chi connectivity index (χ1v) is 7.32. The van der Waals surface area contributed by atoms with Gasteiger partial charge in [0.05, 0.1) is 5.60 Å². The molecule has 1 aliphatic carbocycles. The molecule has 1 aromatic rings. The zero-order valence-electron chi connectivity index (χ0n) is 12.0.